The van der Waals surface area contributed by atoms with Gasteiger partial charge in [-0.25, -0.2) is 9.97 Å². The third kappa shape index (κ3) is 2.03. The van der Waals surface area contributed by atoms with Crippen molar-refractivity contribution in [3.8, 4) is 17.5 Å². The highest BCUT2D eigenvalue weighted by molar-refractivity contribution is 6.10. The summed E-state index contributed by atoms with van der Waals surface area (Å²) in [6.07, 6.45) is 1.35. The normalized spacial score (nSPS) is 10.7. The first-order valence-corrected chi connectivity index (χ1v) is 7.03. The van der Waals surface area contributed by atoms with Gasteiger partial charge in [-0.15, -0.1) is 0 Å². The predicted molar refractivity (Wildman–Crippen MR) is 87.6 cm³/mol. The molecule has 0 atom stereocenters. The van der Waals surface area contributed by atoms with E-state index in [0.717, 1.165) is 5.56 Å². The fourth-order valence-electron chi connectivity index (χ4n) is 2.79. The molecule has 8 nitrogen and oxygen atoms in total. The van der Waals surface area contributed by atoms with E-state index < -0.39 is 5.91 Å². The Kier molecular flexibility index (Phi) is 3.34. The van der Waals surface area contributed by atoms with Crippen LogP contribution in [0, 0.1) is 25.2 Å². The molecule has 0 aliphatic heterocycles. The Balaban J connectivity index is 2.54. The van der Waals surface area contributed by atoms with E-state index >= 15 is 0 Å². The number of primary amides is 1. The van der Waals surface area contributed by atoms with E-state index in [2.05, 4.69) is 9.97 Å². The minimum atomic E-state index is -0.722. The van der Waals surface area contributed by atoms with E-state index in [0.29, 0.717) is 16.6 Å². The Bertz CT molecular complexity index is 1050. The van der Waals surface area contributed by atoms with Crippen LogP contribution in [0.2, 0.25) is 0 Å². The Morgan fingerprint density at radius 1 is 1.38 bits per heavy atom. The lowest BCUT2D eigenvalue weighted by Crippen LogP contribution is -2.14. The van der Waals surface area contributed by atoms with E-state index in [1.165, 1.54) is 10.8 Å². The molecule has 24 heavy (non-hydrogen) atoms. The van der Waals surface area contributed by atoms with Crippen molar-refractivity contribution in [2.75, 3.05) is 5.73 Å². The number of fused-ring (bicyclic) bond motifs is 1. The largest absolute Gasteiger partial charge is 0.508 e. The molecule has 0 aliphatic carbocycles. The fourth-order valence-corrected chi connectivity index (χ4v) is 2.79. The number of rotatable bonds is 2. The number of phenolic OH excluding ortho intramolecular Hbond substituents is 1. The van der Waals surface area contributed by atoms with Gasteiger partial charge in [0, 0.05) is 11.8 Å². The van der Waals surface area contributed by atoms with Crippen LogP contribution in [0.25, 0.3) is 16.7 Å². The van der Waals surface area contributed by atoms with Gasteiger partial charge in [0.25, 0.3) is 5.91 Å². The number of nitrogen functional groups attached to an aromatic ring is 1. The third-order valence-electron chi connectivity index (χ3n) is 3.92. The molecular formula is C16H14N6O2. The lowest BCUT2D eigenvalue weighted by atomic mass is 10.1. The molecule has 2 heterocycles. The number of benzene rings is 1. The van der Waals surface area contributed by atoms with Crippen molar-refractivity contribution in [2.24, 2.45) is 5.73 Å². The Hall–Kier alpha value is -3.60. The number of amides is 1. The quantitative estimate of drug-likeness (QED) is 0.648. The summed E-state index contributed by atoms with van der Waals surface area (Å²) in [4.78, 5) is 19.9. The van der Waals surface area contributed by atoms with Crippen molar-refractivity contribution in [1.82, 2.24) is 14.5 Å². The smallest absolute Gasteiger partial charge is 0.253 e. The number of aryl methyl sites for hydroxylation is 1. The molecular weight excluding hydrogens is 308 g/mol. The van der Waals surface area contributed by atoms with Gasteiger partial charge in [0.1, 0.15) is 17.6 Å². The number of carbonyl (C=O) groups is 1. The van der Waals surface area contributed by atoms with Gasteiger partial charge in [-0.1, -0.05) is 6.07 Å². The number of nitrogens with zero attached hydrogens (tertiary/aromatic N) is 4. The van der Waals surface area contributed by atoms with Crippen LogP contribution in [0.5, 0.6) is 5.75 Å². The fraction of sp³-hybridized carbons (Fsp3) is 0.125. The topological polar surface area (TPSA) is 144 Å². The van der Waals surface area contributed by atoms with E-state index in [1.54, 1.807) is 19.1 Å². The number of aromatic hydroxyl groups is 1. The monoisotopic (exact) mass is 322 g/mol. The lowest BCUT2D eigenvalue weighted by Gasteiger charge is -2.15. The van der Waals surface area contributed by atoms with E-state index in [4.69, 9.17) is 16.7 Å². The molecule has 5 N–H and O–H groups in total. The number of nitrogens with two attached hydrogens (primary N) is 2. The minimum absolute atomic E-state index is 0.0623. The Morgan fingerprint density at radius 2 is 2.08 bits per heavy atom. The molecule has 1 amide bonds. The number of hydrogen-bond donors (Lipinski definition) is 3. The summed E-state index contributed by atoms with van der Waals surface area (Å²) in [6.45, 7) is 3.56. The van der Waals surface area contributed by atoms with Crippen molar-refractivity contribution in [3.05, 3.63) is 40.8 Å². The van der Waals surface area contributed by atoms with E-state index in [9.17, 15) is 9.90 Å². The Morgan fingerprint density at radius 3 is 2.71 bits per heavy atom. The van der Waals surface area contributed by atoms with Gasteiger partial charge in [0.15, 0.2) is 5.65 Å². The molecule has 0 saturated carbocycles. The molecule has 0 fully saturated rings. The van der Waals surface area contributed by atoms with Crippen molar-refractivity contribution in [3.63, 3.8) is 0 Å². The average molecular weight is 322 g/mol. The highest BCUT2D eigenvalue weighted by Crippen LogP contribution is 2.35. The van der Waals surface area contributed by atoms with Crippen LogP contribution in [-0.4, -0.2) is 25.5 Å². The summed E-state index contributed by atoms with van der Waals surface area (Å²) in [5, 5.41) is 19.4. The number of aromatic nitrogens is 3. The van der Waals surface area contributed by atoms with Gasteiger partial charge in [0.2, 0.25) is 5.82 Å². The van der Waals surface area contributed by atoms with Crippen LogP contribution in [-0.2, 0) is 0 Å². The summed E-state index contributed by atoms with van der Waals surface area (Å²) in [6, 6.07) is 5.15. The summed E-state index contributed by atoms with van der Waals surface area (Å²) in [7, 11) is 0. The van der Waals surface area contributed by atoms with Crippen LogP contribution >= 0.6 is 0 Å². The Labute approximate surface area is 137 Å². The third-order valence-corrected chi connectivity index (χ3v) is 3.92. The SMILES string of the molecule is Cc1ccc(O)c(C)c1-n1c(N)c(C(N)=O)c2cnc(C#N)nc21. The van der Waals surface area contributed by atoms with Gasteiger partial charge in [0.05, 0.1) is 16.6 Å². The number of carbonyl (C=O) groups excluding carboxylic acids is 1. The molecule has 3 rings (SSSR count). The minimum Gasteiger partial charge on any atom is -0.508 e. The van der Waals surface area contributed by atoms with Gasteiger partial charge in [-0.3, -0.25) is 9.36 Å². The number of hydrogen-bond acceptors (Lipinski definition) is 6. The molecule has 2 aromatic heterocycles. The van der Waals surface area contributed by atoms with Crippen molar-refractivity contribution >= 4 is 22.8 Å². The molecule has 120 valence electrons. The molecule has 0 spiro atoms. The molecule has 0 unspecified atom stereocenters. The second-order valence-electron chi connectivity index (χ2n) is 5.38. The molecule has 0 bridgehead atoms. The van der Waals surface area contributed by atoms with Crippen molar-refractivity contribution in [2.45, 2.75) is 13.8 Å². The molecule has 0 radical (unpaired) electrons. The number of anilines is 1. The standard InChI is InChI=1S/C16H14N6O2/c1-7-3-4-10(23)8(2)13(7)22-14(18)12(15(19)24)9-6-20-11(5-17)21-16(9)22/h3-4,6,23H,18H2,1-2H3,(H2,19,24). The van der Waals surface area contributed by atoms with Crippen LogP contribution in [0.1, 0.15) is 27.3 Å². The average Bonchev–Trinajstić information content (AvgIpc) is 2.83. The zero-order valence-electron chi connectivity index (χ0n) is 13.0. The second-order valence-corrected chi connectivity index (χ2v) is 5.38. The first-order valence-electron chi connectivity index (χ1n) is 7.03. The summed E-state index contributed by atoms with van der Waals surface area (Å²) in [5.41, 5.74) is 13.9. The number of phenols is 1. The van der Waals surface area contributed by atoms with Gasteiger partial charge in [-0.05, 0) is 25.5 Å². The molecule has 0 aliphatic rings. The van der Waals surface area contributed by atoms with Crippen LogP contribution in [0.4, 0.5) is 5.82 Å². The van der Waals surface area contributed by atoms with E-state index in [-0.39, 0.29) is 28.6 Å². The second kappa shape index (κ2) is 5.24. The maximum Gasteiger partial charge on any atom is 0.253 e. The first kappa shape index (κ1) is 15.3. The predicted octanol–water partition coefficient (Wildman–Crippen LogP) is 1.30. The highest BCUT2D eigenvalue weighted by Gasteiger charge is 2.24. The number of nitriles is 1. The van der Waals surface area contributed by atoms with Crippen LogP contribution in [0.15, 0.2) is 18.3 Å². The summed E-state index contributed by atoms with van der Waals surface area (Å²) in [5.74, 6) is -0.626. The van der Waals surface area contributed by atoms with Gasteiger partial charge in [-0.2, -0.15) is 5.26 Å². The highest BCUT2D eigenvalue weighted by atomic mass is 16.3. The summed E-state index contributed by atoms with van der Waals surface area (Å²) < 4.78 is 1.52. The molecule has 1 aromatic carbocycles. The molecule has 3 aromatic rings. The van der Waals surface area contributed by atoms with Gasteiger partial charge < -0.3 is 16.6 Å². The zero-order valence-corrected chi connectivity index (χ0v) is 13.0. The molecule has 0 saturated heterocycles. The maximum atomic E-state index is 11.8. The molecule has 8 heteroatoms. The lowest BCUT2D eigenvalue weighted by molar-refractivity contribution is 0.100. The maximum absolute atomic E-state index is 11.8. The van der Waals surface area contributed by atoms with Crippen molar-refractivity contribution < 1.29 is 9.90 Å². The zero-order chi connectivity index (χ0) is 17.6. The van der Waals surface area contributed by atoms with Crippen molar-refractivity contribution in [1.29, 1.82) is 5.26 Å². The van der Waals surface area contributed by atoms with Crippen LogP contribution < -0.4 is 11.5 Å². The van der Waals surface area contributed by atoms with Gasteiger partial charge >= 0.3 is 0 Å². The van der Waals surface area contributed by atoms with Crippen LogP contribution in [0.3, 0.4) is 0 Å². The van der Waals surface area contributed by atoms with E-state index in [1.807, 2.05) is 13.0 Å². The first-order chi connectivity index (χ1) is 11.4. The summed E-state index contributed by atoms with van der Waals surface area (Å²) >= 11 is 0.